The molecule has 0 radical (unpaired) electrons. The summed E-state index contributed by atoms with van der Waals surface area (Å²) in [5, 5.41) is 2.40. The van der Waals surface area contributed by atoms with Crippen molar-refractivity contribution in [1.82, 2.24) is 0 Å². The molecule has 0 amide bonds. The number of benzene rings is 3. The smallest absolute Gasteiger partial charge is 0.0610 e. The van der Waals surface area contributed by atoms with Gasteiger partial charge in [-0.05, 0) is 63.1 Å². The molecule has 3 aromatic rings. The molecule has 118 valence electrons. The van der Waals surface area contributed by atoms with Gasteiger partial charge >= 0.3 is 0 Å². The van der Waals surface area contributed by atoms with Gasteiger partial charge in [-0.1, -0.05) is 61.7 Å². The van der Waals surface area contributed by atoms with Crippen LogP contribution in [0.15, 0.2) is 108 Å². The number of anilines is 2. The van der Waals surface area contributed by atoms with Gasteiger partial charge in [-0.3, -0.25) is 0 Å². The Morgan fingerprint density at radius 1 is 0.875 bits per heavy atom. The molecule has 0 saturated carbocycles. The minimum absolute atomic E-state index is 0.965. The Kier molecular flexibility index (Phi) is 4.97. The molecule has 0 unspecified atom stereocenters. The van der Waals surface area contributed by atoms with Gasteiger partial charge in [0.1, 0.15) is 0 Å². The lowest BCUT2D eigenvalue weighted by Gasteiger charge is -2.27. The van der Waals surface area contributed by atoms with E-state index in [2.05, 4.69) is 82.5 Å². The molecule has 0 N–H and O–H groups in total. The zero-order valence-electron chi connectivity index (χ0n) is 13.3. The van der Waals surface area contributed by atoms with Crippen molar-refractivity contribution in [3.8, 4) is 0 Å². The second-order valence-corrected chi connectivity index (χ2v) is 6.21. The topological polar surface area (TPSA) is 3.24 Å². The molecule has 2 heteroatoms. The first kappa shape index (κ1) is 16.3. The highest BCUT2D eigenvalue weighted by atomic mass is 79.9. The Morgan fingerprint density at radius 3 is 2.12 bits per heavy atom. The third kappa shape index (κ3) is 3.19. The molecular weight excluding hydrogens is 358 g/mol. The van der Waals surface area contributed by atoms with Crippen LogP contribution < -0.4 is 4.90 Å². The molecule has 3 aromatic carbocycles. The van der Waals surface area contributed by atoms with Crippen LogP contribution in [0.25, 0.3) is 10.8 Å². The summed E-state index contributed by atoms with van der Waals surface area (Å²) in [5.74, 6) is 0. The predicted octanol–water partition coefficient (Wildman–Crippen LogP) is 7.00. The lowest BCUT2D eigenvalue weighted by molar-refractivity contribution is 1.21. The van der Waals surface area contributed by atoms with Gasteiger partial charge in [-0.25, -0.2) is 0 Å². The number of halogens is 1. The molecule has 1 nitrogen and oxygen atoms in total. The standard InChI is InChI=1S/C22H18BrN/c1-3-10-19(4-2)24(20-13-6-5-7-14-20)22-16-18-12-9-8-11-17(18)15-21(22)23/h3-16H,1-2H2/b19-10+. The molecule has 0 bridgehead atoms. The Morgan fingerprint density at radius 2 is 1.50 bits per heavy atom. The molecule has 0 aromatic heterocycles. The minimum Gasteiger partial charge on any atom is -0.309 e. The zero-order chi connectivity index (χ0) is 16.9. The van der Waals surface area contributed by atoms with Gasteiger partial charge in [-0.15, -0.1) is 0 Å². The summed E-state index contributed by atoms with van der Waals surface area (Å²) >= 11 is 3.73. The van der Waals surface area contributed by atoms with Crippen LogP contribution in [0.3, 0.4) is 0 Å². The zero-order valence-corrected chi connectivity index (χ0v) is 14.9. The van der Waals surface area contributed by atoms with Crippen molar-refractivity contribution < 1.29 is 0 Å². The van der Waals surface area contributed by atoms with Gasteiger partial charge < -0.3 is 4.90 Å². The summed E-state index contributed by atoms with van der Waals surface area (Å²) in [4.78, 5) is 2.17. The highest BCUT2D eigenvalue weighted by Gasteiger charge is 2.15. The first-order valence-electron chi connectivity index (χ1n) is 7.73. The van der Waals surface area contributed by atoms with E-state index < -0.39 is 0 Å². The van der Waals surface area contributed by atoms with Crippen molar-refractivity contribution in [3.63, 3.8) is 0 Å². The normalized spacial score (nSPS) is 11.3. The van der Waals surface area contributed by atoms with Gasteiger partial charge in [-0.2, -0.15) is 0 Å². The molecule has 0 aliphatic heterocycles. The van der Waals surface area contributed by atoms with Crippen LogP contribution in [0.1, 0.15) is 0 Å². The number of rotatable bonds is 5. The van der Waals surface area contributed by atoms with Crippen molar-refractivity contribution in [1.29, 1.82) is 0 Å². The monoisotopic (exact) mass is 375 g/mol. The largest absolute Gasteiger partial charge is 0.309 e. The van der Waals surface area contributed by atoms with E-state index in [1.54, 1.807) is 6.08 Å². The number of fused-ring (bicyclic) bond motifs is 1. The average molecular weight is 376 g/mol. The molecular formula is C22H18BrN. The molecule has 0 spiro atoms. The van der Waals surface area contributed by atoms with Crippen molar-refractivity contribution >= 4 is 38.1 Å². The first-order chi connectivity index (χ1) is 11.7. The van der Waals surface area contributed by atoms with E-state index in [4.69, 9.17) is 0 Å². The first-order valence-corrected chi connectivity index (χ1v) is 8.52. The lowest BCUT2D eigenvalue weighted by Crippen LogP contribution is -2.15. The maximum Gasteiger partial charge on any atom is 0.0610 e. The van der Waals surface area contributed by atoms with Gasteiger partial charge in [0.05, 0.1) is 5.69 Å². The van der Waals surface area contributed by atoms with Gasteiger partial charge in [0.15, 0.2) is 0 Å². The van der Waals surface area contributed by atoms with Crippen LogP contribution >= 0.6 is 15.9 Å². The van der Waals surface area contributed by atoms with Gasteiger partial charge in [0.2, 0.25) is 0 Å². The molecule has 0 saturated heterocycles. The number of nitrogens with zero attached hydrogens (tertiary/aromatic N) is 1. The molecule has 24 heavy (non-hydrogen) atoms. The van der Waals surface area contributed by atoms with Crippen molar-refractivity contribution in [3.05, 3.63) is 108 Å². The van der Waals surface area contributed by atoms with Crippen LogP contribution in [0, 0.1) is 0 Å². The number of para-hydroxylation sites is 1. The summed E-state index contributed by atoms with van der Waals surface area (Å²) in [6.07, 6.45) is 5.58. The number of hydrogen-bond donors (Lipinski definition) is 0. The van der Waals surface area contributed by atoms with Crippen molar-refractivity contribution in [2.45, 2.75) is 0 Å². The fraction of sp³-hybridized carbons (Fsp3) is 0. The molecule has 0 fully saturated rings. The number of allylic oxidation sites excluding steroid dienone is 3. The van der Waals surface area contributed by atoms with E-state index in [0.717, 1.165) is 21.5 Å². The molecule has 0 heterocycles. The summed E-state index contributed by atoms with van der Waals surface area (Å²) in [5.41, 5.74) is 3.10. The fourth-order valence-corrected chi connectivity index (χ4v) is 3.27. The minimum atomic E-state index is 0.965. The summed E-state index contributed by atoms with van der Waals surface area (Å²) in [6, 6.07) is 22.9. The second kappa shape index (κ2) is 7.33. The molecule has 0 aliphatic rings. The highest BCUT2D eigenvalue weighted by molar-refractivity contribution is 9.10. The SMILES string of the molecule is C=C/C=C(\C=C)N(c1ccccc1)c1cc2ccccc2cc1Br. The van der Waals surface area contributed by atoms with Crippen LogP contribution in [0.5, 0.6) is 0 Å². The van der Waals surface area contributed by atoms with E-state index in [9.17, 15) is 0 Å². The Hall–Kier alpha value is -2.58. The van der Waals surface area contributed by atoms with Crippen LogP contribution in [0.4, 0.5) is 11.4 Å². The molecule has 0 aliphatic carbocycles. The van der Waals surface area contributed by atoms with E-state index >= 15 is 0 Å². The number of hydrogen-bond acceptors (Lipinski definition) is 1. The Balaban J connectivity index is 2.26. The predicted molar refractivity (Wildman–Crippen MR) is 109 cm³/mol. The Bertz CT molecular complexity index is 910. The summed E-state index contributed by atoms with van der Waals surface area (Å²) in [7, 11) is 0. The van der Waals surface area contributed by atoms with Gasteiger partial charge in [0, 0.05) is 15.9 Å². The lowest BCUT2D eigenvalue weighted by atomic mass is 10.1. The van der Waals surface area contributed by atoms with Gasteiger partial charge in [0.25, 0.3) is 0 Å². The average Bonchev–Trinajstić information content (AvgIpc) is 2.62. The van der Waals surface area contributed by atoms with Crippen molar-refractivity contribution in [2.75, 3.05) is 4.90 Å². The summed E-state index contributed by atoms with van der Waals surface area (Å²) < 4.78 is 1.03. The van der Waals surface area contributed by atoms with E-state index in [-0.39, 0.29) is 0 Å². The van der Waals surface area contributed by atoms with Crippen LogP contribution in [0.2, 0.25) is 0 Å². The molecule has 3 rings (SSSR count). The third-order valence-electron chi connectivity index (χ3n) is 3.83. The van der Waals surface area contributed by atoms with Crippen molar-refractivity contribution in [2.24, 2.45) is 0 Å². The van der Waals surface area contributed by atoms with E-state index in [1.807, 2.05) is 30.4 Å². The fourth-order valence-electron chi connectivity index (χ4n) is 2.73. The third-order valence-corrected chi connectivity index (χ3v) is 4.46. The van der Waals surface area contributed by atoms with Crippen LogP contribution in [-0.4, -0.2) is 0 Å². The van der Waals surface area contributed by atoms with Crippen LogP contribution in [-0.2, 0) is 0 Å². The highest BCUT2D eigenvalue weighted by Crippen LogP contribution is 2.38. The molecule has 0 atom stereocenters. The maximum absolute atomic E-state index is 3.97. The van der Waals surface area contributed by atoms with E-state index in [1.165, 1.54) is 10.8 Å². The summed E-state index contributed by atoms with van der Waals surface area (Å²) in [6.45, 7) is 7.80. The Labute approximate surface area is 151 Å². The maximum atomic E-state index is 3.97. The van der Waals surface area contributed by atoms with E-state index in [0.29, 0.717) is 0 Å². The second-order valence-electron chi connectivity index (χ2n) is 5.35. The quantitative estimate of drug-likeness (QED) is 0.434.